The van der Waals surface area contributed by atoms with Gasteiger partial charge in [-0.05, 0) is 25.7 Å². The summed E-state index contributed by atoms with van der Waals surface area (Å²) in [4.78, 5) is 0. The first kappa shape index (κ1) is 22.3. The van der Waals surface area contributed by atoms with Gasteiger partial charge in [-0.1, -0.05) is 38.2 Å². The van der Waals surface area contributed by atoms with E-state index in [1.165, 1.54) is 0 Å². The van der Waals surface area contributed by atoms with Crippen LogP contribution in [0.5, 0.6) is 0 Å². The summed E-state index contributed by atoms with van der Waals surface area (Å²) in [7, 11) is 1.68. The van der Waals surface area contributed by atoms with E-state index >= 15 is 0 Å². The molecule has 1 atom stereocenters. The molecule has 25 heavy (non-hydrogen) atoms. The second-order valence-electron chi connectivity index (χ2n) is 5.78. The SMILES string of the molecule is CCC=CCCOC1(OCCC=CCC)OCC(CNCCOC)O1. The molecule has 1 N–H and O–H groups in total. The Morgan fingerprint density at radius 1 is 1.00 bits per heavy atom. The van der Waals surface area contributed by atoms with Gasteiger partial charge in [0.1, 0.15) is 6.10 Å². The van der Waals surface area contributed by atoms with Crippen molar-refractivity contribution in [2.24, 2.45) is 0 Å². The Morgan fingerprint density at radius 2 is 1.64 bits per heavy atom. The van der Waals surface area contributed by atoms with Crippen LogP contribution in [-0.2, 0) is 23.7 Å². The predicted molar refractivity (Wildman–Crippen MR) is 98.3 cm³/mol. The highest BCUT2D eigenvalue weighted by Crippen LogP contribution is 2.27. The number of methoxy groups -OCH3 is 1. The first-order valence-electron chi connectivity index (χ1n) is 9.35. The van der Waals surface area contributed by atoms with E-state index in [-0.39, 0.29) is 6.10 Å². The van der Waals surface area contributed by atoms with Gasteiger partial charge in [0.2, 0.25) is 0 Å². The van der Waals surface area contributed by atoms with Crippen LogP contribution >= 0.6 is 0 Å². The molecule has 146 valence electrons. The number of ether oxygens (including phenoxy) is 5. The third-order valence-corrected chi connectivity index (χ3v) is 3.54. The topological polar surface area (TPSA) is 58.2 Å². The van der Waals surface area contributed by atoms with Crippen LogP contribution in [0.3, 0.4) is 0 Å². The molecule has 0 bridgehead atoms. The lowest BCUT2D eigenvalue weighted by molar-refractivity contribution is -0.466. The van der Waals surface area contributed by atoms with Crippen LogP contribution < -0.4 is 5.32 Å². The molecular weight excluding hydrogens is 322 g/mol. The van der Waals surface area contributed by atoms with Crippen molar-refractivity contribution in [1.82, 2.24) is 5.32 Å². The van der Waals surface area contributed by atoms with Crippen LogP contribution in [0.4, 0.5) is 0 Å². The molecule has 0 aromatic rings. The van der Waals surface area contributed by atoms with E-state index in [4.69, 9.17) is 23.7 Å². The Morgan fingerprint density at radius 3 is 2.20 bits per heavy atom. The fourth-order valence-electron chi connectivity index (χ4n) is 2.27. The third-order valence-electron chi connectivity index (χ3n) is 3.54. The lowest BCUT2D eigenvalue weighted by Gasteiger charge is -2.26. The molecule has 0 saturated carbocycles. The summed E-state index contributed by atoms with van der Waals surface area (Å²) in [5, 5.41) is 3.27. The van der Waals surface area contributed by atoms with Crippen LogP contribution in [-0.4, -0.2) is 58.9 Å². The first-order valence-corrected chi connectivity index (χ1v) is 9.35. The summed E-state index contributed by atoms with van der Waals surface area (Å²) in [5.41, 5.74) is 0. The van der Waals surface area contributed by atoms with Gasteiger partial charge in [-0.25, -0.2) is 0 Å². The van der Waals surface area contributed by atoms with E-state index < -0.39 is 6.16 Å². The fraction of sp³-hybridized carbons (Fsp3) is 0.789. The maximum Gasteiger partial charge on any atom is 0.413 e. The molecule has 1 unspecified atom stereocenters. The second kappa shape index (κ2) is 14.4. The largest absolute Gasteiger partial charge is 0.413 e. The van der Waals surface area contributed by atoms with Crippen LogP contribution in [0, 0.1) is 0 Å². The monoisotopic (exact) mass is 357 g/mol. The van der Waals surface area contributed by atoms with Gasteiger partial charge in [0.25, 0.3) is 0 Å². The highest BCUT2D eigenvalue weighted by atomic mass is 17.0. The molecule has 0 aromatic heterocycles. The van der Waals surface area contributed by atoms with E-state index in [1.807, 2.05) is 0 Å². The van der Waals surface area contributed by atoms with Gasteiger partial charge < -0.3 is 24.3 Å². The number of hydrogen-bond acceptors (Lipinski definition) is 6. The fourth-order valence-corrected chi connectivity index (χ4v) is 2.27. The number of nitrogens with one attached hydrogen (secondary N) is 1. The molecule has 1 heterocycles. The number of rotatable bonds is 15. The molecule has 1 saturated heterocycles. The van der Waals surface area contributed by atoms with E-state index in [2.05, 4.69) is 43.5 Å². The first-order chi connectivity index (χ1) is 12.3. The zero-order valence-electron chi connectivity index (χ0n) is 16.0. The zero-order valence-corrected chi connectivity index (χ0v) is 16.0. The van der Waals surface area contributed by atoms with Crippen molar-refractivity contribution in [2.45, 2.75) is 51.8 Å². The molecular formula is C19H35NO5. The molecule has 1 aliphatic heterocycles. The summed E-state index contributed by atoms with van der Waals surface area (Å²) in [6.07, 6.45) is 10.6. The summed E-state index contributed by atoms with van der Waals surface area (Å²) in [6, 6.07) is 0. The second-order valence-corrected chi connectivity index (χ2v) is 5.78. The van der Waals surface area contributed by atoms with Gasteiger partial charge in [0, 0.05) is 20.2 Å². The third kappa shape index (κ3) is 10.1. The smallest absolute Gasteiger partial charge is 0.383 e. The Balaban J connectivity index is 2.42. The van der Waals surface area contributed by atoms with Crippen molar-refractivity contribution in [3.05, 3.63) is 24.3 Å². The molecule has 1 aliphatic rings. The summed E-state index contributed by atoms with van der Waals surface area (Å²) >= 11 is 0. The minimum absolute atomic E-state index is 0.103. The van der Waals surface area contributed by atoms with Gasteiger partial charge in [0.15, 0.2) is 0 Å². The van der Waals surface area contributed by atoms with E-state index in [0.717, 1.165) is 32.2 Å². The van der Waals surface area contributed by atoms with Crippen LogP contribution in [0.1, 0.15) is 39.5 Å². The molecule has 0 aromatic carbocycles. The van der Waals surface area contributed by atoms with Gasteiger partial charge in [0.05, 0.1) is 26.4 Å². The zero-order chi connectivity index (χ0) is 18.2. The van der Waals surface area contributed by atoms with Gasteiger partial charge in [-0.2, -0.15) is 0 Å². The lowest BCUT2D eigenvalue weighted by atomic mass is 10.3. The molecule has 6 nitrogen and oxygen atoms in total. The lowest BCUT2D eigenvalue weighted by Crippen LogP contribution is -2.40. The van der Waals surface area contributed by atoms with Crippen molar-refractivity contribution in [3.8, 4) is 0 Å². The van der Waals surface area contributed by atoms with Crippen molar-refractivity contribution >= 4 is 0 Å². The summed E-state index contributed by atoms with van der Waals surface area (Å²) < 4.78 is 28.3. The van der Waals surface area contributed by atoms with E-state index in [0.29, 0.717) is 33.0 Å². The average Bonchev–Trinajstić information content (AvgIpc) is 3.02. The highest BCUT2D eigenvalue weighted by molar-refractivity contribution is 4.81. The quantitative estimate of drug-likeness (QED) is 0.276. The predicted octanol–water partition coefficient (Wildman–Crippen LogP) is 2.99. The van der Waals surface area contributed by atoms with Crippen LogP contribution in [0.2, 0.25) is 0 Å². The van der Waals surface area contributed by atoms with Gasteiger partial charge in [-0.3, -0.25) is 4.74 Å². The average molecular weight is 357 g/mol. The minimum atomic E-state index is -1.38. The van der Waals surface area contributed by atoms with Crippen LogP contribution in [0.15, 0.2) is 24.3 Å². The van der Waals surface area contributed by atoms with E-state index in [9.17, 15) is 0 Å². The van der Waals surface area contributed by atoms with Gasteiger partial charge in [-0.15, -0.1) is 0 Å². The molecule has 0 amide bonds. The normalized spacial score (nSPS) is 24.0. The van der Waals surface area contributed by atoms with E-state index in [1.54, 1.807) is 7.11 Å². The summed E-state index contributed by atoms with van der Waals surface area (Å²) in [5.74, 6) is 0. The number of hydrogen-bond donors (Lipinski definition) is 1. The Bertz CT molecular complexity index is 353. The molecule has 1 rings (SSSR count). The Hall–Kier alpha value is -0.760. The Kier molecular flexibility index (Phi) is 12.8. The molecule has 0 radical (unpaired) electrons. The van der Waals surface area contributed by atoms with Crippen molar-refractivity contribution in [1.29, 1.82) is 0 Å². The van der Waals surface area contributed by atoms with Crippen molar-refractivity contribution in [3.63, 3.8) is 0 Å². The van der Waals surface area contributed by atoms with Crippen molar-refractivity contribution in [2.75, 3.05) is 46.6 Å². The highest BCUT2D eigenvalue weighted by Gasteiger charge is 2.44. The maximum atomic E-state index is 5.92. The standard InChI is InChI=1S/C19H35NO5/c1-4-6-8-10-13-22-19(23-14-11-9-7-5-2)24-17-18(25-19)16-20-12-15-21-3/h6-9,18,20H,4-5,10-17H2,1-3H3. The Labute approximate surface area is 152 Å². The van der Waals surface area contributed by atoms with Crippen LogP contribution in [0.25, 0.3) is 0 Å². The number of allylic oxidation sites excluding steroid dienone is 2. The summed E-state index contributed by atoms with van der Waals surface area (Å²) in [6.45, 7) is 7.75. The molecule has 0 aliphatic carbocycles. The minimum Gasteiger partial charge on any atom is -0.383 e. The van der Waals surface area contributed by atoms with Gasteiger partial charge >= 0.3 is 6.16 Å². The maximum absolute atomic E-state index is 5.92. The molecule has 1 fully saturated rings. The van der Waals surface area contributed by atoms with Crippen molar-refractivity contribution < 1.29 is 23.7 Å². The molecule has 6 heteroatoms. The molecule has 0 spiro atoms.